The molecule has 1 fully saturated rings. The van der Waals surface area contributed by atoms with E-state index in [1.54, 1.807) is 6.07 Å². The SMILES string of the molecule is Cl.O=C(CCC1CCNC1)Nc1cc(-c2cc(Br)ccc2Cl)[nH]n1. The van der Waals surface area contributed by atoms with Crippen molar-refractivity contribution in [2.24, 2.45) is 5.92 Å². The molecule has 2 heterocycles. The van der Waals surface area contributed by atoms with Gasteiger partial charge in [-0.2, -0.15) is 5.10 Å². The smallest absolute Gasteiger partial charge is 0.225 e. The van der Waals surface area contributed by atoms with Crippen molar-refractivity contribution >= 4 is 51.7 Å². The monoisotopic (exact) mass is 432 g/mol. The highest BCUT2D eigenvalue weighted by atomic mass is 79.9. The lowest BCUT2D eigenvalue weighted by Gasteiger charge is -2.07. The first kappa shape index (κ1) is 19.2. The lowest BCUT2D eigenvalue weighted by atomic mass is 10.0. The molecule has 3 rings (SSSR count). The number of benzene rings is 1. The van der Waals surface area contributed by atoms with Gasteiger partial charge in [-0.1, -0.05) is 27.5 Å². The van der Waals surface area contributed by atoms with Crippen molar-refractivity contribution in [1.29, 1.82) is 0 Å². The zero-order chi connectivity index (χ0) is 16.2. The van der Waals surface area contributed by atoms with E-state index < -0.39 is 0 Å². The maximum absolute atomic E-state index is 12.0. The number of nitrogens with one attached hydrogen (secondary N) is 3. The molecule has 8 heteroatoms. The molecular formula is C16H19BrCl2N4O. The Labute approximate surface area is 160 Å². The molecule has 1 aliphatic rings. The summed E-state index contributed by atoms with van der Waals surface area (Å²) in [6, 6.07) is 7.40. The molecule has 0 bridgehead atoms. The topological polar surface area (TPSA) is 69.8 Å². The largest absolute Gasteiger partial charge is 0.316 e. The number of H-pyrrole nitrogens is 1. The molecular weight excluding hydrogens is 415 g/mol. The van der Waals surface area contributed by atoms with Gasteiger partial charge in [0.1, 0.15) is 0 Å². The van der Waals surface area contributed by atoms with E-state index in [9.17, 15) is 4.79 Å². The van der Waals surface area contributed by atoms with Crippen molar-refractivity contribution in [2.45, 2.75) is 19.3 Å². The van der Waals surface area contributed by atoms with Crippen LogP contribution in [0.25, 0.3) is 11.3 Å². The zero-order valence-corrected chi connectivity index (χ0v) is 16.1. The molecule has 1 aromatic heterocycles. The van der Waals surface area contributed by atoms with Crippen molar-refractivity contribution < 1.29 is 4.79 Å². The fourth-order valence-electron chi connectivity index (χ4n) is 2.73. The van der Waals surface area contributed by atoms with E-state index >= 15 is 0 Å². The molecule has 2 aromatic rings. The average molecular weight is 434 g/mol. The van der Waals surface area contributed by atoms with Gasteiger partial charge in [0.05, 0.1) is 10.7 Å². The average Bonchev–Trinajstić information content (AvgIpc) is 3.19. The Kier molecular flexibility index (Phi) is 7.10. The zero-order valence-electron chi connectivity index (χ0n) is 12.9. The van der Waals surface area contributed by atoms with E-state index in [0.29, 0.717) is 23.2 Å². The molecule has 1 amide bonds. The van der Waals surface area contributed by atoms with Crippen LogP contribution in [-0.4, -0.2) is 29.2 Å². The number of carbonyl (C=O) groups is 1. The first-order valence-electron chi connectivity index (χ1n) is 7.63. The van der Waals surface area contributed by atoms with E-state index in [1.807, 2.05) is 18.2 Å². The second-order valence-electron chi connectivity index (χ2n) is 5.74. The third-order valence-corrected chi connectivity index (χ3v) is 4.83. The van der Waals surface area contributed by atoms with Crippen LogP contribution in [0.3, 0.4) is 0 Å². The summed E-state index contributed by atoms with van der Waals surface area (Å²) in [6.45, 7) is 2.07. The van der Waals surface area contributed by atoms with Crippen LogP contribution in [0, 0.1) is 5.92 Å². The Morgan fingerprint density at radius 1 is 1.42 bits per heavy atom. The van der Waals surface area contributed by atoms with Gasteiger partial charge in [0, 0.05) is 22.5 Å². The van der Waals surface area contributed by atoms with E-state index in [0.717, 1.165) is 41.7 Å². The van der Waals surface area contributed by atoms with Crippen LogP contribution in [0.1, 0.15) is 19.3 Å². The van der Waals surface area contributed by atoms with E-state index in [4.69, 9.17) is 11.6 Å². The molecule has 3 N–H and O–H groups in total. The molecule has 1 aliphatic heterocycles. The van der Waals surface area contributed by atoms with Gasteiger partial charge in [-0.15, -0.1) is 12.4 Å². The number of aromatic amines is 1. The van der Waals surface area contributed by atoms with Gasteiger partial charge in [-0.25, -0.2) is 0 Å². The number of anilines is 1. The summed E-state index contributed by atoms with van der Waals surface area (Å²) in [5.41, 5.74) is 1.61. The minimum absolute atomic E-state index is 0. The summed E-state index contributed by atoms with van der Waals surface area (Å²) < 4.78 is 0.933. The van der Waals surface area contributed by atoms with Gasteiger partial charge in [0.15, 0.2) is 5.82 Å². The number of hydrogen-bond donors (Lipinski definition) is 3. The minimum Gasteiger partial charge on any atom is -0.316 e. The first-order chi connectivity index (χ1) is 11.1. The van der Waals surface area contributed by atoms with Crippen molar-refractivity contribution in [2.75, 3.05) is 18.4 Å². The summed E-state index contributed by atoms with van der Waals surface area (Å²) in [5.74, 6) is 1.12. The highest BCUT2D eigenvalue weighted by molar-refractivity contribution is 9.10. The fourth-order valence-corrected chi connectivity index (χ4v) is 3.31. The van der Waals surface area contributed by atoms with Crippen LogP contribution in [-0.2, 0) is 4.79 Å². The lowest BCUT2D eigenvalue weighted by Crippen LogP contribution is -2.15. The van der Waals surface area contributed by atoms with Crippen LogP contribution < -0.4 is 10.6 Å². The quantitative estimate of drug-likeness (QED) is 0.660. The molecule has 1 atom stereocenters. The van der Waals surface area contributed by atoms with Crippen molar-refractivity contribution in [3.63, 3.8) is 0 Å². The second-order valence-corrected chi connectivity index (χ2v) is 7.06. The number of carbonyl (C=O) groups excluding carboxylic acids is 1. The van der Waals surface area contributed by atoms with E-state index in [2.05, 4.69) is 36.8 Å². The van der Waals surface area contributed by atoms with Gasteiger partial charge in [0.25, 0.3) is 0 Å². The molecule has 1 saturated heterocycles. The predicted octanol–water partition coefficient (Wildman–Crippen LogP) is 4.24. The van der Waals surface area contributed by atoms with Crippen molar-refractivity contribution in [3.8, 4) is 11.3 Å². The molecule has 1 unspecified atom stereocenters. The third kappa shape index (κ3) is 4.96. The summed E-state index contributed by atoms with van der Waals surface area (Å²) >= 11 is 9.63. The number of hydrogen-bond acceptors (Lipinski definition) is 3. The highest BCUT2D eigenvalue weighted by Gasteiger charge is 2.16. The molecule has 0 saturated carbocycles. The van der Waals surface area contributed by atoms with Gasteiger partial charge in [-0.05, 0) is 50.0 Å². The second kappa shape index (κ2) is 8.85. The van der Waals surface area contributed by atoms with Gasteiger partial charge >= 0.3 is 0 Å². The molecule has 130 valence electrons. The molecule has 0 aliphatic carbocycles. The highest BCUT2D eigenvalue weighted by Crippen LogP contribution is 2.30. The molecule has 1 aromatic carbocycles. The summed E-state index contributed by atoms with van der Waals surface area (Å²) in [5, 5.41) is 13.8. The Morgan fingerprint density at radius 2 is 2.25 bits per heavy atom. The van der Waals surface area contributed by atoms with E-state index in [1.165, 1.54) is 0 Å². The summed E-state index contributed by atoms with van der Waals surface area (Å²) in [7, 11) is 0. The van der Waals surface area contributed by atoms with Crippen molar-refractivity contribution in [3.05, 3.63) is 33.8 Å². The number of amides is 1. The van der Waals surface area contributed by atoms with Gasteiger partial charge < -0.3 is 10.6 Å². The van der Waals surface area contributed by atoms with Crippen LogP contribution in [0.15, 0.2) is 28.7 Å². The first-order valence-corrected chi connectivity index (χ1v) is 8.80. The number of aromatic nitrogens is 2. The minimum atomic E-state index is -0.00436. The predicted molar refractivity (Wildman–Crippen MR) is 103 cm³/mol. The molecule has 0 spiro atoms. The number of rotatable bonds is 5. The Hall–Kier alpha value is -1.08. The fraction of sp³-hybridized carbons (Fsp3) is 0.375. The third-order valence-electron chi connectivity index (χ3n) is 4.01. The van der Waals surface area contributed by atoms with Gasteiger partial charge in [0.2, 0.25) is 5.91 Å². The van der Waals surface area contributed by atoms with Crippen LogP contribution >= 0.6 is 39.9 Å². The lowest BCUT2D eigenvalue weighted by molar-refractivity contribution is -0.116. The Morgan fingerprint density at radius 3 is 3.00 bits per heavy atom. The van der Waals surface area contributed by atoms with Crippen LogP contribution in [0.4, 0.5) is 5.82 Å². The Balaban J connectivity index is 0.00000208. The Bertz CT molecular complexity index is 701. The van der Waals surface area contributed by atoms with E-state index in [-0.39, 0.29) is 18.3 Å². The van der Waals surface area contributed by atoms with Crippen LogP contribution in [0.2, 0.25) is 5.02 Å². The van der Waals surface area contributed by atoms with Crippen molar-refractivity contribution in [1.82, 2.24) is 15.5 Å². The molecule has 24 heavy (non-hydrogen) atoms. The number of halogens is 3. The molecule has 5 nitrogen and oxygen atoms in total. The number of nitrogens with zero attached hydrogens (tertiary/aromatic N) is 1. The summed E-state index contributed by atoms with van der Waals surface area (Å²) in [4.78, 5) is 12.0. The molecule has 0 radical (unpaired) electrons. The maximum atomic E-state index is 12.0. The van der Waals surface area contributed by atoms with Gasteiger partial charge in [-0.3, -0.25) is 9.89 Å². The normalized spacial score (nSPS) is 16.7. The standard InChI is InChI=1S/C16H18BrClN4O.ClH/c17-11-2-3-13(18)12(7-11)14-8-15(22-21-14)20-16(23)4-1-10-5-6-19-9-10;/h2-3,7-8,10,19H,1,4-6,9H2,(H2,20,21,22,23);1H. The maximum Gasteiger partial charge on any atom is 0.225 e. The summed E-state index contributed by atoms with van der Waals surface area (Å²) in [6.07, 6.45) is 2.58. The van der Waals surface area contributed by atoms with Crippen LogP contribution in [0.5, 0.6) is 0 Å².